The summed E-state index contributed by atoms with van der Waals surface area (Å²) in [4.78, 5) is 24.8. The van der Waals surface area contributed by atoms with Crippen LogP contribution in [0.25, 0.3) is 0 Å². The average molecular weight is 391 g/mol. The summed E-state index contributed by atoms with van der Waals surface area (Å²) in [7, 11) is 0. The van der Waals surface area contributed by atoms with E-state index in [1.165, 1.54) is 5.56 Å². The minimum absolute atomic E-state index is 0.0550. The number of hydrogen-bond donors (Lipinski definition) is 2. The van der Waals surface area contributed by atoms with Crippen LogP contribution in [-0.4, -0.2) is 33.7 Å². The van der Waals surface area contributed by atoms with Crippen LogP contribution in [-0.2, 0) is 11.3 Å². The molecular weight excluding hydrogens is 364 g/mol. The van der Waals surface area contributed by atoms with E-state index in [0.29, 0.717) is 17.8 Å². The van der Waals surface area contributed by atoms with Gasteiger partial charge in [0.1, 0.15) is 11.2 Å². The van der Waals surface area contributed by atoms with Gasteiger partial charge in [-0.15, -0.1) is 0 Å². The number of benzene rings is 1. The number of aryl methyl sites for hydroxylation is 2. The van der Waals surface area contributed by atoms with Gasteiger partial charge in [0.05, 0.1) is 17.8 Å². The van der Waals surface area contributed by atoms with E-state index in [1.54, 1.807) is 18.5 Å². The molecule has 2 amide bonds. The predicted octanol–water partition coefficient (Wildman–Crippen LogP) is 3.23. The van der Waals surface area contributed by atoms with Crippen molar-refractivity contribution in [1.29, 1.82) is 0 Å². The standard InChI is InChI=1S/C20H27ClN4O2/c1-6-13(3)22-19(26)15(5)23-20(27)17-14(4)24-25(18(17)21)11-16-9-7-12(2)8-10-16/h7-10,13,15H,6,11H2,1-5H3,(H,22,26)(H,23,27). The molecule has 0 aliphatic rings. The Labute approximate surface area is 165 Å². The third kappa shape index (κ3) is 5.32. The number of nitrogens with zero attached hydrogens (tertiary/aromatic N) is 2. The van der Waals surface area contributed by atoms with Gasteiger partial charge in [-0.1, -0.05) is 48.4 Å². The van der Waals surface area contributed by atoms with Crippen molar-refractivity contribution >= 4 is 23.4 Å². The highest BCUT2D eigenvalue weighted by Gasteiger charge is 2.24. The number of rotatable bonds is 7. The molecule has 2 aromatic rings. The van der Waals surface area contributed by atoms with E-state index in [2.05, 4.69) is 15.7 Å². The molecule has 2 N–H and O–H groups in total. The zero-order valence-electron chi connectivity index (χ0n) is 16.5. The molecule has 0 bridgehead atoms. The topological polar surface area (TPSA) is 76.0 Å². The highest BCUT2D eigenvalue weighted by atomic mass is 35.5. The highest BCUT2D eigenvalue weighted by molar-refractivity contribution is 6.33. The van der Waals surface area contributed by atoms with Crippen molar-refractivity contribution in [3.8, 4) is 0 Å². The Bertz CT molecular complexity index is 814. The van der Waals surface area contributed by atoms with Gasteiger partial charge < -0.3 is 10.6 Å². The first-order valence-electron chi connectivity index (χ1n) is 9.12. The van der Waals surface area contributed by atoms with Gasteiger partial charge in [-0.05, 0) is 39.7 Å². The van der Waals surface area contributed by atoms with Crippen molar-refractivity contribution in [1.82, 2.24) is 20.4 Å². The molecule has 2 rings (SSSR count). The zero-order valence-corrected chi connectivity index (χ0v) is 17.2. The Morgan fingerprint density at radius 2 is 1.78 bits per heavy atom. The Kier molecular flexibility index (Phi) is 7.02. The predicted molar refractivity (Wildman–Crippen MR) is 107 cm³/mol. The van der Waals surface area contributed by atoms with E-state index >= 15 is 0 Å². The van der Waals surface area contributed by atoms with Gasteiger partial charge in [-0.2, -0.15) is 5.10 Å². The number of amides is 2. The van der Waals surface area contributed by atoms with Gasteiger partial charge in [-0.3, -0.25) is 9.59 Å². The molecule has 0 radical (unpaired) electrons. The molecule has 146 valence electrons. The first-order chi connectivity index (χ1) is 12.7. The summed E-state index contributed by atoms with van der Waals surface area (Å²) in [5.74, 6) is -0.627. The zero-order chi connectivity index (χ0) is 20.1. The molecule has 1 aromatic heterocycles. The molecule has 2 atom stereocenters. The van der Waals surface area contributed by atoms with Crippen LogP contribution in [0.2, 0.25) is 5.15 Å². The Morgan fingerprint density at radius 3 is 2.37 bits per heavy atom. The first-order valence-corrected chi connectivity index (χ1v) is 9.50. The number of hydrogen-bond acceptors (Lipinski definition) is 3. The van der Waals surface area contributed by atoms with Crippen molar-refractivity contribution in [2.75, 3.05) is 0 Å². The van der Waals surface area contributed by atoms with E-state index in [-0.39, 0.29) is 17.1 Å². The molecule has 27 heavy (non-hydrogen) atoms. The highest BCUT2D eigenvalue weighted by Crippen LogP contribution is 2.21. The lowest BCUT2D eigenvalue weighted by molar-refractivity contribution is -0.123. The monoisotopic (exact) mass is 390 g/mol. The third-order valence-corrected chi connectivity index (χ3v) is 4.87. The average Bonchev–Trinajstić information content (AvgIpc) is 2.90. The number of carbonyl (C=O) groups is 2. The van der Waals surface area contributed by atoms with Crippen molar-refractivity contribution in [3.05, 3.63) is 51.8 Å². The lowest BCUT2D eigenvalue weighted by Crippen LogP contribution is -2.47. The Hall–Kier alpha value is -2.34. The fraction of sp³-hybridized carbons (Fsp3) is 0.450. The second kappa shape index (κ2) is 9.04. The molecule has 0 saturated carbocycles. The third-order valence-electron chi connectivity index (χ3n) is 4.49. The van der Waals surface area contributed by atoms with E-state index < -0.39 is 11.9 Å². The van der Waals surface area contributed by atoms with Gasteiger partial charge in [0.15, 0.2) is 0 Å². The Balaban J connectivity index is 2.11. The molecule has 1 aromatic carbocycles. The quantitative estimate of drug-likeness (QED) is 0.762. The van der Waals surface area contributed by atoms with Crippen molar-refractivity contribution in [3.63, 3.8) is 0 Å². The maximum atomic E-state index is 12.6. The summed E-state index contributed by atoms with van der Waals surface area (Å²) in [6.45, 7) is 9.78. The second-order valence-corrected chi connectivity index (χ2v) is 7.27. The van der Waals surface area contributed by atoms with E-state index in [9.17, 15) is 9.59 Å². The largest absolute Gasteiger partial charge is 0.352 e. The molecular formula is C20H27ClN4O2. The fourth-order valence-corrected chi connectivity index (χ4v) is 2.91. The summed E-state index contributed by atoms with van der Waals surface area (Å²) in [5.41, 5.74) is 3.04. The van der Waals surface area contributed by atoms with Gasteiger partial charge in [0, 0.05) is 6.04 Å². The molecule has 0 aliphatic carbocycles. The van der Waals surface area contributed by atoms with E-state index in [4.69, 9.17) is 11.6 Å². The number of halogens is 1. The number of carbonyl (C=O) groups excluding carboxylic acids is 2. The van der Waals surface area contributed by atoms with Crippen LogP contribution in [0.4, 0.5) is 0 Å². The maximum Gasteiger partial charge on any atom is 0.256 e. The van der Waals surface area contributed by atoms with E-state index in [1.807, 2.05) is 45.0 Å². The number of nitrogens with one attached hydrogen (secondary N) is 2. The molecule has 2 unspecified atom stereocenters. The van der Waals surface area contributed by atoms with E-state index in [0.717, 1.165) is 12.0 Å². The minimum atomic E-state index is -0.664. The first kappa shape index (κ1) is 21.0. The van der Waals surface area contributed by atoms with Crippen LogP contribution in [0, 0.1) is 13.8 Å². The molecule has 6 nitrogen and oxygen atoms in total. The van der Waals surface area contributed by atoms with Crippen molar-refractivity contribution < 1.29 is 9.59 Å². The van der Waals surface area contributed by atoms with Crippen LogP contribution >= 0.6 is 11.6 Å². The normalized spacial score (nSPS) is 13.1. The molecule has 0 aliphatic heterocycles. The summed E-state index contributed by atoms with van der Waals surface area (Å²) in [5, 5.41) is 10.2. The van der Waals surface area contributed by atoms with Crippen LogP contribution < -0.4 is 10.6 Å². The van der Waals surface area contributed by atoms with Crippen LogP contribution in [0.5, 0.6) is 0 Å². The molecule has 7 heteroatoms. The smallest absolute Gasteiger partial charge is 0.256 e. The molecule has 0 spiro atoms. The Morgan fingerprint density at radius 1 is 1.15 bits per heavy atom. The van der Waals surface area contributed by atoms with Gasteiger partial charge in [0.25, 0.3) is 5.91 Å². The van der Waals surface area contributed by atoms with Crippen molar-refractivity contribution in [2.45, 2.75) is 59.7 Å². The lowest BCUT2D eigenvalue weighted by Gasteiger charge is -2.17. The molecule has 0 fully saturated rings. The SMILES string of the molecule is CCC(C)NC(=O)C(C)NC(=O)c1c(C)nn(Cc2ccc(C)cc2)c1Cl. The number of aromatic nitrogens is 2. The molecule has 0 saturated heterocycles. The maximum absolute atomic E-state index is 12.6. The van der Waals surface area contributed by atoms with Crippen LogP contribution in [0.1, 0.15) is 54.4 Å². The summed E-state index contributed by atoms with van der Waals surface area (Å²) >= 11 is 6.41. The van der Waals surface area contributed by atoms with Crippen LogP contribution in [0.15, 0.2) is 24.3 Å². The lowest BCUT2D eigenvalue weighted by atomic mass is 10.1. The fourth-order valence-electron chi connectivity index (χ4n) is 2.59. The van der Waals surface area contributed by atoms with Crippen molar-refractivity contribution in [2.24, 2.45) is 0 Å². The summed E-state index contributed by atoms with van der Waals surface area (Å²) < 4.78 is 1.60. The minimum Gasteiger partial charge on any atom is -0.352 e. The van der Waals surface area contributed by atoms with Gasteiger partial charge >= 0.3 is 0 Å². The second-order valence-electron chi connectivity index (χ2n) is 6.91. The van der Waals surface area contributed by atoms with Crippen LogP contribution in [0.3, 0.4) is 0 Å². The molecule has 1 heterocycles. The van der Waals surface area contributed by atoms with Gasteiger partial charge in [0.2, 0.25) is 5.91 Å². The summed E-state index contributed by atoms with van der Waals surface area (Å²) in [6.07, 6.45) is 0.823. The van der Waals surface area contributed by atoms with Gasteiger partial charge in [-0.25, -0.2) is 4.68 Å². The summed E-state index contributed by atoms with van der Waals surface area (Å²) in [6, 6.07) is 7.44.